The molecule has 1 N–H and O–H groups in total. The molecule has 2 aromatic rings. The van der Waals surface area contributed by atoms with Gasteiger partial charge in [-0.1, -0.05) is 29.4 Å². The van der Waals surface area contributed by atoms with Crippen LogP contribution in [0, 0.1) is 0 Å². The number of aliphatic hydroxyl groups excluding tert-OH is 1. The number of rotatable bonds is 6. The molecule has 120 valence electrons. The molecule has 4 nitrogen and oxygen atoms in total. The Morgan fingerprint density at radius 3 is 2.61 bits per heavy atom. The maximum atomic E-state index is 9.07. The maximum absolute atomic E-state index is 9.07. The molecule has 4 heteroatoms. The molecule has 0 fully saturated rings. The Bertz CT molecular complexity index is 692. The minimum atomic E-state index is 0.0335. The lowest BCUT2D eigenvalue weighted by molar-refractivity contribution is 0.210. The minimum absolute atomic E-state index is 0.0335. The molecular formula is C19H21NO3. The molecule has 0 saturated carbocycles. The lowest BCUT2D eigenvalue weighted by atomic mass is 10.0. The summed E-state index contributed by atoms with van der Waals surface area (Å²) in [5.74, 6) is 0.743. The van der Waals surface area contributed by atoms with E-state index >= 15 is 0 Å². The van der Waals surface area contributed by atoms with Gasteiger partial charge in [-0.15, -0.1) is 0 Å². The number of benzene rings is 2. The lowest BCUT2D eigenvalue weighted by Gasteiger charge is -2.10. The molecule has 23 heavy (non-hydrogen) atoms. The van der Waals surface area contributed by atoms with Gasteiger partial charge in [0.1, 0.15) is 25.2 Å². The van der Waals surface area contributed by atoms with Crippen molar-refractivity contribution in [3.8, 4) is 5.75 Å². The summed E-state index contributed by atoms with van der Waals surface area (Å²) in [6.07, 6.45) is 3.52. The van der Waals surface area contributed by atoms with E-state index in [2.05, 4.69) is 23.4 Å². The third-order valence-corrected chi connectivity index (χ3v) is 4.11. The largest absolute Gasteiger partial charge is 0.487 e. The summed E-state index contributed by atoms with van der Waals surface area (Å²) >= 11 is 0. The standard InChI is InChI=1S/C19H21NO3/c1-22-20-19(13-23-18-9-5-14(12-21)6-10-18)17-8-7-15-3-2-4-16(15)11-17/h5-11,21H,2-4,12-13H2,1H3. The molecule has 0 bridgehead atoms. The molecule has 1 aliphatic rings. The number of oxime groups is 1. The number of hydrogen-bond donors (Lipinski definition) is 1. The van der Waals surface area contributed by atoms with Crippen molar-refractivity contribution in [2.45, 2.75) is 25.9 Å². The van der Waals surface area contributed by atoms with Gasteiger partial charge in [0.2, 0.25) is 0 Å². The lowest BCUT2D eigenvalue weighted by Crippen LogP contribution is -2.14. The molecule has 1 aliphatic carbocycles. The zero-order chi connectivity index (χ0) is 16.1. The number of nitrogens with zero attached hydrogens (tertiary/aromatic N) is 1. The summed E-state index contributed by atoms with van der Waals surface area (Å²) in [5, 5.41) is 13.2. The van der Waals surface area contributed by atoms with Crippen molar-refractivity contribution >= 4 is 5.71 Å². The number of ether oxygens (including phenoxy) is 1. The summed E-state index contributed by atoms with van der Waals surface area (Å²) < 4.78 is 5.80. The number of hydrogen-bond acceptors (Lipinski definition) is 4. The Kier molecular flexibility index (Phi) is 4.93. The van der Waals surface area contributed by atoms with E-state index < -0.39 is 0 Å². The molecule has 0 heterocycles. The van der Waals surface area contributed by atoms with Crippen LogP contribution in [0.25, 0.3) is 0 Å². The molecule has 0 radical (unpaired) electrons. The van der Waals surface area contributed by atoms with Crippen LogP contribution in [0.2, 0.25) is 0 Å². The van der Waals surface area contributed by atoms with Crippen LogP contribution < -0.4 is 4.74 Å². The summed E-state index contributed by atoms with van der Waals surface area (Å²) in [6, 6.07) is 13.8. The first-order valence-corrected chi connectivity index (χ1v) is 7.85. The van der Waals surface area contributed by atoms with Crippen molar-refractivity contribution in [3.63, 3.8) is 0 Å². The van der Waals surface area contributed by atoms with E-state index in [0.717, 1.165) is 29.0 Å². The first-order valence-electron chi connectivity index (χ1n) is 7.85. The number of aryl methyl sites for hydroxylation is 2. The highest BCUT2D eigenvalue weighted by atomic mass is 16.6. The highest BCUT2D eigenvalue weighted by molar-refractivity contribution is 6.01. The number of aliphatic hydroxyl groups is 1. The molecule has 0 aromatic heterocycles. The van der Waals surface area contributed by atoms with Crippen molar-refractivity contribution in [1.29, 1.82) is 0 Å². The maximum Gasteiger partial charge on any atom is 0.134 e. The Hall–Kier alpha value is -2.33. The molecule has 3 rings (SSSR count). The van der Waals surface area contributed by atoms with Crippen LogP contribution in [0.4, 0.5) is 0 Å². The summed E-state index contributed by atoms with van der Waals surface area (Å²) in [7, 11) is 1.55. The Morgan fingerprint density at radius 1 is 1.09 bits per heavy atom. The predicted octanol–water partition coefficient (Wildman–Crippen LogP) is 3.10. The molecule has 0 amide bonds. The summed E-state index contributed by atoms with van der Waals surface area (Å²) in [4.78, 5) is 4.98. The molecule has 0 saturated heterocycles. The van der Waals surface area contributed by atoms with Gasteiger partial charge in [-0.3, -0.25) is 0 Å². The molecule has 2 aromatic carbocycles. The van der Waals surface area contributed by atoms with Crippen LogP contribution in [0.5, 0.6) is 5.75 Å². The Morgan fingerprint density at radius 2 is 1.87 bits per heavy atom. The van der Waals surface area contributed by atoms with Crippen LogP contribution in [-0.4, -0.2) is 24.5 Å². The van der Waals surface area contributed by atoms with Crippen molar-refractivity contribution < 1.29 is 14.7 Å². The van der Waals surface area contributed by atoms with Crippen LogP contribution in [0.1, 0.15) is 28.7 Å². The highest BCUT2D eigenvalue weighted by Gasteiger charge is 2.14. The van der Waals surface area contributed by atoms with Gasteiger partial charge in [-0.25, -0.2) is 0 Å². The fourth-order valence-electron chi connectivity index (χ4n) is 2.87. The van der Waals surface area contributed by atoms with Crippen molar-refractivity contribution in [1.82, 2.24) is 0 Å². The summed E-state index contributed by atoms with van der Waals surface area (Å²) in [6.45, 7) is 0.372. The van der Waals surface area contributed by atoms with Gasteiger partial charge in [-0.2, -0.15) is 0 Å². The van der Waals surface area contributed by atoms with Gasteiger partial charge in [0.25, 0.3) is 0 Å². The minimum Gasteiger partial charge on any atom is -0.487 e. The third kappa shape index (κ3) is 3.71. The average molecular weight is 311 g/mol. The number of fused-ring (bicyclic) bond motifs is 1. The van der Waals surface area contributed by atoms with Gasteiger partial charge < -0.3 is 14.7 Å². The van der Waals surface area contributed by atoms with E-state index in [1.165, 1.54) is 24.0 Å². The predicted molar refractivity (Wildman–Crippen MR) is 89.9 cm³/mol. The molecular weight excluding hydrogens is 290 g/mol. The molecule has 0 unspecified atom stereocenters. The van der Waals surface area contributed by atoms with Crippen LogP contribution >= 0.6 is 0 Å². The molecule has 0 spiro atoms. The second kappa shape index (κ2) is 7.29. The van der Waals surface area contributed by atoms with Gasteiger partial charge >= 0.3 is 0 Å². The van der Waals surface area contributed by atoms with Gasteiger partial charge in [0.05, 0.1) is 6.61 Å². The molecule has 0 aliphatic heterocycles. The van der Waals surface area contributed by atoms with Crippen molar-refractivity contribution in [2.24, 2.45) is 5.16 Å². The van der Waals surface area contributed by atoms with Crippen LogP contribution in [0.15, 0.2) is 47.6 Å². The van der Waals surface area contributed by atoms with Crippen LogP contribution in [-0.2, 0) is 24.3 Å². The quantitative estimate of drug-likeness (QED) is 0.659. The Labute approximate surface area is 136 Å². The normalized spacial score (nSPS) is 13.7. The third-order valence-electron chi connectivity index (χ3n) is 4.11. The smallest absolute Gasteiger partial charge is 0.134 e. The topological polar surface area (TPSA) is 51.0 Å². The van der Waals surface area contributed by atoms with E-state index in [1.807, 2.05) is 24.3 Å². The van der Waals surface area contributed by atoms with Gasteiger partial charge in [0, 0.05) is 5.56 Å². The fraction of sp³-hybridized carbons (Fsp3) is 0.316. The molecule has 0 atom stereocenters. The van der Waals surface area contributed by atoms with E-state index in [1.54, 1.807) is 7.11 Å². The highest BCUT2D eigenvalue weighted by Crippen LogP contribution is 2.23. The second-order valence-electron chi connectivity index (χ2n) is 5.65. The zero-order valence-electron chi connectivity index (χ0n) is 13.3. The van der Waals surface area contributed by atoms with E-state index in [9.17, 15) is 0 Å². The van der Waals surface area contributed by atoms with Gasteiger partial charge in [-0.05, 0) is 54.2 Å². The van der Waals surface area contributed by atoms with Crippen LogP contribution in [0.3, 0.4) is 0 Å². The first-order chi connectivity index (χ1) is 11.3. The first kappa shape index (κ1) is 15.6. The second-order valence-corrected chi connectivity index (χ2v) is 5.65. The van der Waals surface area contributed by atoms with E-state index in [-0.39, 0.29) is 6.61 Å². The fourth-order valence-corrected chi connectivity index (χ4v) is 2.87. The van der Waals surface area contributed by atoms with Gasteiger partial charge in [0.15, 0.2) is 0 Å². The average Bonchev–Trinajstić information content (AvgIpc) is 3.06. The van der Waals surface area contributed by atoms with Crippen molar-refractivity contribution in [2.75, 3.05) is 13.7 Å². The van der Waals surface area contributed by atoms with Crippen molar-refractivity contribution in [3.05, 3.63) is 64.7 Å². The summed E-state index contributed by atoms with van der Waals surface area (Å²) in [5.41, 5.74) is 5.51. The van der Waals surface area contributed by atoms with E-state index in [0.29, 0.717) is 6.61 Å². The SMILES string of the molecule is CON=C(COc1ccc(CO)cc1)c1ccc2c(c1)CCC2. The monoisotopic (exact) mass is 311 g/mol. The zero-order valence-corrected chi connectivity index (χ0v) is 13.3. The van der Waals surface area contributed by atoms with E-state index in [4.69, 9.17) is 14.7 Å². The Balaban J connectivity index is 1.72.